The number of fused-ring (bicyclic) bond motifs is 1. The molecular formula is C19H15F3N2O4S. The fourth-order valence-corrected chi connectivity index (χ4v) is 4.17. The van der Waals surface area contributed by atoms with Crippen molar-refractivity contribution in [3.63, 3.8) is 0 Å². The highest BCUT2D eigenvalue weighted by Crippen LogP contribution is 2.42. The topological polar surface area (TPSA) is 76.7 Å². The maximum atomic E-state index is 13.1. The van der Waals surface area contributed by atoms with Crippen LogP contribution in [0.3, 0.4) is 0 Å². The van der Waals surface area contributed by atoms with Crippen LogP contribution in [0.15, 0.2) is 42.5 Å². The number of hydrogen-bond donors (Lipinski definition) is 2. The van der Waals surface area contributed by atoms with E-state index >= 15 is 0 Å². The summed E-state index contributed by atoms with van der Waals surface area (Å²) in [5.74, 6) is -1.09. The van der Waals surface area contributed by atoms with Gasteiger partial charge in [-0.2, -0.15) is 0 Å². The molecule has 0 aliphatic carbocycles. The first-order valence-corrected chi connectivity index (χ1v) is 9.71. The number of carbonyl (C=O) groups is 2. The van der Waals surface area contributed by atoms with Crippen molar-refractivity contribution < 1.29 is 32.2 Å². The fraction of sp³-hybridized carbons (Fsp3) is 0.263. The Bertz CT molecular complexity index is 955. The van der Waals surface area contributed by atoms with E-state index in [9.17, 15) is 22.8 Å². The minimum absolute atomic E-state index is 0.127. The van der Waals surface area contributed by atoms with Gasteiger partial charge in [-0.1, -0.05) is 12.1 Å². The monoisotopic (exact) mass is 424 g/mol. The van der Waals surface area contributed by atoms with Gasteiger partial charge in [-0.25, -0.2) is 4.39 Å². The summed E-state index contributed by atoms with van der Waals surface area (Å²) < 4.78 is 47.8. The summed E-state index contributed by atoms with van der Waals surface area (Å²) in [5.41, 5.74) is 1.06. The van der Waals surface area contributed by atoms with Crippen molar-refractivity contribution in [2.45, 2.75) is 24.0 Å². The molecule has 6 nitrogen and oxygen atoms in total. The normalized spacial score (nSPS) is 22.1. The van der Waals surface area contributed by atoms with Crippen molar-refractivity contribution in [3.8, 4) is 11.5 Å². The number of hydrogen-bond acceptors (Lipinski definition) is 5. The van der Waals surface area contributed by atoms with Crippen LogP contribution < -0.4 is 20.1 Å². The Hall–Kier alpha value is -2.88. The zero-order valence-corrected chi connectivity index (χ0v) is 15.6. The highest BCUT2D eigenvalue weighted by molar-refractivity contribution is 8.00. The van der Waals surface area contributed by atoms with E-state index in [1.54, 1.807) is 12.1 Å². The summed E-state index contributed by atoms with van der Waals surface area (Å²) in [6.07, 6.45) is -3.32. The second kappa shape index (κ2) is 7.51. The van der Waals surface area contributed by atoms with E-state index in [-0.39, 0.29) is 28.9 Å². The SMILES string of the molecule is O=C(Nc1ccc2c(c1)OC(F)(F)O2)C1CSC(Cc2ccc(F)cc2)C(=O)N1. The van der Waals surface area contributed by atoms with Gasteiger partial charge in [0.05, 0.1) is 5.25 Å². The van der Waals surface area contributed by atoms with E-state index in [1.807, 2.05) is 0 Å². The molecule has 29 heavy (non-hydrogen) atoms. The third-order valence-electron chi connectivity index (χ3n) is 4.39. The molecule has 0 saturated carbocycles. The van der Waals surface area contributed by atoms with Crippen LogP contribution in [-0.2, 0) is 16.0 Å². The average Bonchev–Trinajstić information content (AvgIpc) is 2.98. The van der Waals surface area contributed by atoms with Crippen LogP contribution in [0.25, 0.3) is 0 Å². The molecule has 0 spiro atoms. The number of thioether (sulfide) groups is 1. The van der Waals surface area contributed by atoms with Gasteiger partial charge < -0.3 is 20.1 Å². The van der Waals surface area contributed by atoms with Crippen LogP contribution in [-0.4, -0.2) is 35.2 Å². The van der Waals surface area contributed by atoms with Gasteiger partial charge in [0.25, 0.3) is 0 Å². The van der Waals surface area contributed by atoms with Crippen molar-refractivity contribution >= 4 is 29.3 Å². The molecule has 2 aromatic carbocycles. The molecular weight excluding hydrogens is 409 g/mol. The molecule has 2 unspecified atom stereocenters. The summed E-state index contributed by atoms with van der Waals surface area (Å²) in [6.45, 7) is 0. The molecule has 1 saturated heterocycles. The third kappa shape index (κ3) is 4.42. The zero-order valence-electron chi connectivity index (χ0n) is 14.8. The van der Waals surface area contributed by atoms with E-state index in [2.05, 4.69) is 20.1 Å². The van der Waals surface area contributed by atoms with Gasteiger partial charge in [0, 0.05) is 17.5 Å². The Morgan fingerprint density at radius 1 is 1.17 bits per heavy atom. The standard InChI is InChI=1S/C19H15F3N2O4S/c20-11-3-1-10(2-4-11)7-16-18(26)24-13(9-29-16)17(25)23-12-5-6-14-15(8-12)28-19(21,22)27-14/h1-6,8,13,16H,7,9H2,(H,23,25)(H,24,26). The lowest BCUT2D eigenvalue weighted by Crippen LogP contribution is -2.52. The number of halogens is 3. The van der Waals surface area contributed by atoms with Gasteiger partial charge in [-0.05, 0) is 36.2 Å². The lowest BCUT2D eigenvalue weighted by atomic mass is 10.1. The van der Waals surface area contributed by atoms with Crippen LogP contribution in [0.5, 0.6) is 11.5 Å². The molecule has 0 bridgehead atoms. The Morgan fingerprint density at radius 3 is 2.62 bits per heavy atom. The van der Waals surface area contributed by atoms with E-state index in [4.69, 9.17) is 0 Å². The first-order chi connectivity index (χ1) is 13.8. The summed E-state index contributed by atoms with van der Waals surface area (Å²) in [4.78, 5) is 24.8. The molecule has 0 aromatic heterocycles. The van der Waals surface area contributed by atoms with Crippen molar-refractivity contribution in [3.05, 3.63) is 53.8 Å². The molecule has 152 valence electrons. The number of nitrogens with one attached hydrogen (secondary N) is 2. The van der Waals surface area contributed by atoms with E-state index < -0.39 is 23.5 Å². The third-order valence-corrected chi connectivity index (χ3v) is 5.70. The maximum Gasteiger partial charge on any atom is 0.586 e. The van der Waals surface area contributed by atoms with E-state index in [0.29, 0.717) is 12.2 Å². The van der Waals surface area contributed by atoms with Crippen LogP contribution >= 0.6 is 11.8 Å². The zero-order chi connectivity index (χ0) is 20.6. The molecule has 2 N–H and O–H groups in total. The molecule has 2 amide bonds. The number of amides is 2. The highest BCUT2D eigenvalue weighted by atomic mass is 32.2. The van der Waals surface area contributed by atoms with Gasteiger partial charge in [0.15, 0.2) is 11.5 Å². The molecule has 2 aliphatic rings. The number of benzene rings is 2. The number of carbonyl (C=O) groups excluding carboxylic acids is 2. The molecule has 2 aromatic rings. The largest absolute Gasteiger partial charge is 0.586 e. The number of alkyl halides is 2. The summed E-state index contributed by atoms with van der Waals surface area (Å²) >= 11 is 1.33. The van der Waals surface area contributed by atoms with Crippen LogP contribution in [0, 0.1) is 5.82 Å². The molecule has 4 rings (SSSR count). The van der Waals surface area contributed by atoms with Gasteiger partial charge in [0.1, 0.15) is 11.9 Å². The first kappa shape index (κ1) is 19.4. The molecule has 2 atom stereocenters. The van der Waals surface area contributed by atoms with Gasteiger partial charge >= 0.3 is 6.29 Å². The summed E-state index contributed by atoms with van der Waals surface area (Å²) in [6, 6.07) is 9.01. The van der Waals surface area contributed by atoms with Gasteiger partial charge in [-0.3, -0.25) is 9.59 Å². The Labute approximate surface area is 167 Å². The van der Waals surface area contributed by atoms with Crippen molar-refractivity contribution in [2.75, 3.05) is 11.1 Å². The number of anilines is 1. The first-order valence-electron chi connectivity index (χ1n) is 8.66. The van der Waals surface area contributed by atoms with Crippen molar-refractivity contribution in [1.29, 1.82) is 0 Å². The number of ether oxygens (including phenoxy) is 2. The van der Waals surface area contributed by atoms with Gasteiger partial charge in [0.2, 0.25) is 11.8 Å². The lowest BCUT2D eigenvalue weighted by Gasteiger charge is -2.28. The van der Waals surface area contributed by atoms with E-state index in [1.165, 1.54) is 42.1 Å². The average molecular weight is 424 g/mol. The molecule has 2 heterocycles. The van der Waals surface area contributed by atoms with Crippen molar-refractivity contribution in [1.82, 2.24) is 5.32 Å². The number of rotatable bonds is 4. The Balaban J connectivity index is 1.34. The van der Waals surface area contributed by atoms with Crippen LogP contribution in [0.2, 0.25) is 0 Å². The minimum atomic E-state index is -3.74. The quantitative estimate of drug-likeness (QED) is 0.790. The maximum absolute atomic E-state index is 13.1. The minimum Gasteiger partial charge on any atom is -0.395 e. The smallest absolute Gasteiger partial charge is 0.395 e. The lowest BCUT2D eigenvalue weighted by molar-refractivity contribution is -0.286. The fourth-order valence-electron chi connectivity index (χ4n) is 2.98. The second-order valence-electron chi connectivity index (χ2n) is 6.53. The predicted molar refractivity (Wildman–Crippen MR) is 99.6 cm³/mol. The Kier molecular flexibility index (Phi) is 5.03. The predicted octanol–water partition coefficient (Wildman–Crippen LogP) is 2.93. The van der Waals surface area contributed by atoms with Crippen molar-refractivity contribution in [2.24, 2.45) is 0 Å². The molecule has 10 heteroatoms. The van der Waals surface area contributed by atoms with Crippen LogP contribution in [0.1, 0.15) is 5.56 Å². The highest BCUT2D eigenvalue weighted by Gasteiger charge is 2.43. The van der Waals surface area contributed by atoms with Crippen LogP contribution in [0.4, 0.5) is 18.9 Å². The van der Waals surface area contributed by atoms with E-state index in [0.717, 1.165) is 5.56 Å². The second-order valence-corrected chi connectivity index (χ2v) is 7.77. The Morgan fingerprint density at radius 2 is 1.90 bits per heavy atom. The summed E-state index contributed by atoms with van der Waals surface area (Å²) in [7, 11) is 0. The summed E-state index contributed by atoms with van der Waals surface area (Å²) in [5, 5.41) is 4.84. The molecule has 2 aliphatic heterocycles. The van der Waals surface area contributed by atoms with Gasteiger partial charge in [-0.15, -0.1) is 20.5 Å². The molecule has 1 fully saturated rings. The molecule has 0 radical (unpaired) electrons.